The number of hydrogen-bond acceptors (Lipinski definition) is 3. The zero-order chi connectivity index (χ0) is 23.1. The first-order valence-electron chi connectivity index (χ1n) is 11.4. The number of nitrogens with zero attached hydrogens (tertiary/aromatic N) is 2. The Bertz CT molecular complexity index is 1670. The van der Waals surface area contributed by atoms with Gasteiger partial charge in [-0.1, -0.05) is 97.1 Å². The molecule has 3 nitrogen and oxygen atoms in total. The number of allylic oxidation sites excluding steroid dienone is 1. The Morgan fingerprint density at radius 2 is 1.24 bits per heavy atom. The zero-order valence-electron chi connectivity index (χ0n) is 18.9. The van der Waals surface area contributed by atoms with Gasteiger partial charge in [-0.05, 0) is 35.4 Å². The van der Waals surface area contributed by atoms with Crippen LogP contribution in [0.15, 0.2) is 119 Å². The smallest absolute Gasteiger partial charge is 0.0973 e. The van der Waals surface area contributed by atoms with Crippen molar-refractivity contribution in [3.8, 4) is 0 Å². The van der Waals surface area contributed by atoms with E-state index in [0.29, 0.717) is 5.70 Å². The van der Waals surface area contributed by atoms with E-state index in [0.717, 1.165) is 55.6 Å². The number of rotatable bonds is 2. The van der Waals surface area contributed by atoms with Crippen LogP contribution < -0.4 is 5.73 Å². The SMILES string of the molecule is Cc1ccc2ccccc2c1N=C1C(=Nc2cccc3ccccc23)C=C(N)c2ccccc21. The molecule has 0 saturated heterocycles. The van der Waals surface area contributed by atoms with E-state index in [4.69, 9.17) is 15.7 Å². The van der Waals surface area contributed by atoms with Gasteiger partial charge < -0.3 is 5.73 Å². The summed E-state index contributed by atoms with van der Waals surface area (Å²) in [5.41, 5.74) is 13.8. The summed E-state index contributed by atoms with van der Waals surface area (Å²) in [5, 5.41) is 4.54. The first kappa shape index (κ1) is 20.1. The zero-order valence-corrected chi connectivity index (χ0v) is 18.9. The molecule has 34 heavy (non-hydrogen) atoms. The maximum atomic E-state index is 6.50. The maximum Gasteiger partial charge on any atom is 0.0973 e. The summed E-state index contributed by atoms with van der Waals surface area (Å²) in [5.74, 6) is 0. The third-order valence-corrected chi connectivity index (χ3v) is 6.36. The molecule has 1 aliphatic rings. The number of nitrogens with two attached hydrogens (primary N) is 1. The van der Waals surface area contributed by atoms with Crippen molar-refractivity contribution in [1.82, 2.24) is 0 Å². The van der Waals surface area contributed by atoms with E-state index in [9.17, 15) is 0 Å². The highest BCUT2D eigenvalue weighted by Gasteiger charge is 2.22. The van der Waals surface area contributed by atoms with Crippen molar-refractivity contribution in [1.29, 1.82) is 0 Å². The van der Waals surface area contributed by atoms with Gasteiger partial charge >= 0.3 is 0 Å². The van der Waals surface area contributed by atoms with Crippen LogP contribution in [0, 0.1) is 6.92 Å². The van der Waals surface area contributed by atoms with Gasteiger partial charge in [-0.15, -0.1) is 0 Å². The fourth-order valence-corrected chi connectivity index (χ4v) is 4.64. The summed E-state index contributed by atoms with van der Waals surface area (Å²) in [7, 11) is 0. The van der Waals surface area contributed by atoms with Crippen LogP contribution >= 0.6 is 0 Å². The molecular weight excluding hydrogens is 414 g/mol. The monoisotopic (exact) mass is 437 g/mol. The normalized spacial score (nSPS) is 15.6. The van der Waals surface area contributed by atoms with Gasteiger partial charge in [-0.2, -0.15) is 0 Å². The quantitative estimate of drug-likeness (QED) is 0.305. The molecule has 0 heterocycles. The van der Waals surface area contributed by atoms with Crippen LogP contribution in [-0.4, -0.2) is 11.4 Å². The highest BCUT2D eigenvalue weighted by atomic mass is 14.8. The Labute approximate surface area is 198 Å². The van der Waals surface area contributed by atoms with E-state index in [1.165, 1.54) is 5.39 Å². The average Bonchev–Trinajstić information content (AvgIpc) is 2.88. The van der Waals surface area contributed by atoms with Crippen molar-refractivity contribution in [3.05, 3.63) is 126 Å². The lowest BCUT2D eigenvalue weighted by Crippen LogP contribution is -2.22. The molecule has 0 aliphatic heterocycles. The lowest BCUT2D eigenvalue weighted by Gasteiger charge is -2.19. The van der Waals surface area contributed by atoms with Crippen molar-refractivity contribution < 1.29 is 0 Å². The van der Waals surface area contributed by atoms with Crippen molar-refractivity contribution in [2.24, 2.45) is 15.7 Å². The second-order valence-electron chi connectivity index (χ2n) is 8.55. The first-order valence-corrected chi connectivity index (χ1v) is 11.4. The highest BCUT2D eigenvalue weighted by Crippen LogP contribution is 2.33. The lowest BCUT2D eigenvalue weighted by molar-refractivity contribution is 1.41. The number of fused-ring (bicyclic) bond motifs is 3. The van der Waals surface area contributed by atoms with E-state index in [1.807, 2.05) is 48.5 Å². The van der Waals surface area contributed by atoms with Gasteiger partial charge in [0, 0.05) is 27.6 Å². The first-order chi connectivity index (χ1) is 16.7. The molecule has 0 fully saturated rings. The lowest BCUT2D eigenvalue weighted by atomic mass is 9.91. The van der Waals surface area contributed by atoms with Crippen LogP contribution in [0.1, 0.15) is 16.7 Å². The molecular formula is C31H23N3. The molecule has 5 aromatic carbocycles. The van der Waals surface area contributed by atoms with Crippen LogP contribution in [0.2, 0.25) is 0 Å². The summed E-state index contributed by atoms with van der Waals surface area (Å²) >= 11 is 0. The molecule has 0 saturated carbocycles. The summed E-state index contributed by atoms with van der Waals surface area (Å²) < 4.78 is 0. The molecule has 0 amide bonds. The topological polar surface area (TPSA) is 50.7 Å². The van der Waals surface area contributed by atoms with Crippen LogP contribution in [0.4, 0.5) is 11.4 Å². The van der Waals surface area contributed by atoms with Crippen LogP contribution in [0.25, 0.3) is 27.2 Å². The highest BCUT2D eigenvalue weighted by molar-refractivity contribution is 6.55. The van der Waals surface area contributed by atoms with Gasteiger partial charge in [0.05, 0.1) is 22.8 Å². The molecule has 0 unspecified atom stereocenters. The van der Waals surface area contributed by atoms with Crippen LogP contribution in [-0.2, 0) is 0 Å². The van der Waals surface area contributed by atoms with Gasteiger partial charge in [0.1, 0.15) is 0 Å². The molecule has 1 aliphatic carbocycles. The Balaban J connectivity index is 1.64. The fraction of sp³-hybridized carbons (Fsp3) is 0.0323. The standard InChI is InChI=1S/C31H23N3/c1-20-17-18-22-10-3-5-13-24(22)30(20)34-31-26-15-7-6-14-25(26)27(32)19-29(31)33-28-16-8-11-21-9-2-4-12-23(21)28/h2-19H,32H2,1H3. The van der Waals surface area contributed by atoms with Gasteiger partial charge in [-0.25, -0.2) is 9.98 Å². The number of aliphatic imine (C=N–C) groups is 2. The largest absolute Gasteiger partial charge is 0.398 e. The molecule has 5 aromatic rings. The maximum absolute atomic E-state index is 6.50. The third-order valence-electron chi connectivity index (χ3n) is 6.36. The Hall–Kier alpha value is -4.50. The molecule has 2 N–H and O–H groups in total. The molecule has 0 bridgehead atoms. The van der Waals surface area contributed by atoms with Crippen LogP contribution in [0.5, 0.6) is 0 Å². The molecule has 162 valence electrons. The third kappa shape index (κ3) is 3.39. The van der Waals surface area contributed by atoms with Gasteiger partial charge in [0.15, 0.2) is 0 Å². The van der Waals surface area contributed by atoms with E-state index in [2.05, 4.69) is 67.6 Å². The summed E-state index contributed by atoms with van der Waals surface area (Å²) in [6.07, 6.45) is 1.95. The van der Waals surface area contributed by atoms with Crippen LogP contribution in [0.3, 0.4) is 0 Å². The van der Waals surface area contributed by atoms with Gasteiger partial charge in [0.25, 0.3) is 0 Å². The van der Waals surface area contributed by atoms with E-state index < -0.39 is 0 Å². The second-order valence-corrected chi connectivity index (χ2v) is 8.55. The molecule has 0 radical (unpaired) electrons. The predicted octanol–water partition coefficient (Wildman–Crippen LogP) is 7.51. The summed E-state index contributed by atoms with van der Waals surface area (Å²) in [6.45, 7) is 2.10. The number of hydrogen-bond donors (Lipinski definition) is 1. The molecule has 0 spiro atoms. The second kappa shape index (κ2) is 8.13. The fourth-order valence-electron chi connectivity index (χ4n) is 4.64. The summed E-state index contributed by atoms with van der Waals surface area (Å²) in [6, 6.07) is 35.3. The number of benzene rings is 5. The predicted molar refractivity (Wildman–Crippen MR) is 145 cm³/mol. The Morgan fingerprint density at radius 3 is 2.06 bits per heavy atom. The summed E-state index contributed by atoms with van der Waals surface area (Å²) in [4.78, 5) is 10.4. The van der Waals surface area contributed by atoms with Crippen molar-refractivity contribution in [2.75, 3.05) is 0 Å². The van der Waals surface area contributed by atoms with Gasteiger partial charge in [0.2, 0.25) is 0 Å². The van der Waals surface area contributed by atoms with Crippen molar-refractivity contribution in [2.45, 2.75) is 6.92 Å². The van der Waals surface area contributed by atoms with E-state index in [-0.39, 0.29) is 0 Å². The van der Waals surface area contributed by atoms with Gasteiger partial charge in [-0.3, -0.25) is 0 Å². The molecule has 0 atom stereocenters. The minimum absolute atomic E-state index is 0.697. The van der Waals surface area contributed by atoms with E-state index in [1.54, 1.807) is 0 Å². The van der Waals surface area contributed by atoms with E-state index >= 15 is 0 Å². The minimum atomic E-state index is 0.697. The average molecular weight is 438 g/mol. The van der Waals surface area contributed by atoms with Crippen molar-refractivity contribution in [3.63, 3.8) is 0 Å². The number of aryl methyl sites for hydroxylation is 1. The molecule has 0 aromatic heterocycles. The molecule has 3 heteroatoms. The Morgan fingerprint density at radius 1 is 0.588 bits per heavy atom. The minimum Gasteiger partial charge on any atom is -0.398 e. The Kier molecular flexibility index (Phi) is 4.81. The molecule has 6 rings (SSSR count). The van der Waals surface area contributed by atoms with Crippen molar-refractivity contribution >= 4 is 50.0 Å².